The van der Waals surface area contributed by atoms with E-state index in [2.05, 4.69) is 0 Å². The number of rotatable bonds is 0. The number of hydroxylamine groups is 3. The average molecular weight is 189 g/mol. The maximum Gasteiger partial charge on any atom is 0.144 e. The smallest absolute Gasteiger partial charge is 0.144 e. The van der Waals surface area contributed by atoms with Gasteiger partial charge < -0.3 is 25.2 Å². The van der Waals surface area contributed by atoms with Gasteiger partial charge in [0.25, 0.3) is 0 Å². The molecule has 2 saturated heterocycles. The van der Waals surface area contributed by atoms with Crippen molar-refractivity contribution >= 4 is 0 Å². The minimum Gasteiger partial charge on any atom is -0.632 e. The second-order valence-electron chi connectivity index (χ2n) is 4.12. The maximum atomic E-state index is 12.0. The lowest BCUT2D eigenvalue weighted by Gasteiger charge is -2.49. The van der Waals surface area contributed by atoms with Gasteiger partial charge in [0.2, 0.25) is 0 Å². The van der Waals surface area contributed by atoms with Gasteiger partial charge in [-0.2, -0.15) is 0 Å². The van der Waals surface area contributed by atoms with Gasteiger partial charge in [-0.3, -0.25) is 0 Å². The highest BCUT2D eigenvalue weighted by Gasteiger charge is 2.53. The van der Waals surface area contributed by atoms with Crippen LogP contribution < -0.4 is 0 Å². The van der Waals surface area contributed by atoms with E-state index in [1.54, 1.807) is 0 Å². The van der Waals surface area contributed by atoms with Crippen LogP contribution in [-0.4, -0.2) is 57.4 Å². The van der Waals surface area contributed by atoms with Crippen LogP contribution in [0.15, 0.2) is 0 Å². The lowest BCUT2D eigenvalue weighted by atomic mass is 9.96. The average Bonchev–Trinajstić information content (AvgIpc) is 2.24. The minimum atomic E-state index is -1.06. The van der Waals surface area contributed by atoms with Crippen molar-refractivity contribution in [2.45, 2.75) is 37.2 Å². The topological polar surface area (TPSA) is 83.8 Å². The predicted octanol–water partition coefficient (Wildman–Crippen LogP) is -1.44. The Balaban J connectivity index is 2.24. The van der Waals surface area contributed by atoms with E-state index in [1.165, 1.54) is 0 Å². The molecule has 0 aromatic heterocycles. The molecular weight excluding hydrogens is 174 g/mol. The fourth-order valence-electron chi connectivity index (χ4n) is 2.57. The summed E-state index contributed by atoms with van der Waals surface area (Å²) < 4.78 is -0.622. The van der Waals surface area contributed by atoms with Crippen molar-refractivity contribution in [3.8, 4) is 0 Å². The van der Waals surface area contributed by atoms with Crippen molar-refractivity contribution in [3.05, 3.63) is 5.21 Å². The number of hydrogen-bond donors (Lipinski definition) is 3. The molecule has 0 radical (unpaired) electrons. The predicted molar refractivity (Wildman–Crippen MR) is 44.4 cm³/mol. The van der Waals surface area contributed by atoms with Crippen molar-refractivity contribution in [2.24, 2.45) is 0 Å². The second kappa shape index (κ2) is 2.90. The van der Waals surface area contributed by atoms with E-state index in [0.717, 1.165) is 0 Å². The van der Waals surface area contributed by atoms with Gasteiger partial charge in [-0.1, -0.05) is 0 Å². The lowest BCUT2D eigenvalue weighted by molar-refractivity contribution is -0.904. The Morgan fingerprint density at radius 1 is 1.15 bits per heavy atom. The first-order valence-corrected chi connectivity index (χ1v) is 4.66. The molecule has 2 aliphatic heterocycles. The molecule has 2 aliphatic rings. The van der Waals surface area contributed by atoms with E-state index in [4.69, 9.17) is 0 Å². The van der Waals surface area contributed by atoms with Crippen LogP contribution in [0.25, 0.3) is 0 Å². The van der Waals surface area contributed by atoms with Crippen molar-refractivity contribution in [1.82, 2.24) is 0 Å². The number of quaternary nitrogens is 1. The zero-order chi connectivity index (χ0) is 9.64. The van der Waals surface area contributed by atoms with Gasteiger partial charge in [0.05, 0.1) is 6.54 Å². The first-order valence-electron chi connectivity index (χ1n) is 4.66. The van der Waals surface area contributed by atoms with E-state index in [9.17, 15) is 20.5 Å². The third kappa shape index (κ3) is 1.28. The van der Waals surface area contributed by atoms with Crippen LogP contribution in [-0.2, 0) is 0 Å². The quantitative estimate of drug-likeness (QED) is 0.322. The Hall–Kier alpha value is -0.200. The normalized spacial score (nSPS) is 56.3. The van der Waals surface area contributed by atoms with Gasteiger partial charge in [0, 0.05) is 0 Å². The Morgan fingerprint density at radius 3 is 2.46 bits per heavy atom. The summed E-state index contributed by atoms with van der Waals surface area (Å²) in [5, 5.41) is 40.4. The molecule has 0 saturated carbocycles. The molecule has 0 amide bonds. The van der Waals surface area contributed by atoms with Gasteiger partial charge in [-0.15, -0.1) is 0 Å². The Morgan fingerprint density at radius 2 is 1.85 bits per heavy atom. The summed E-state index contributed by atoms with van der Waals surface area (Å²) in [7, 11) is 0. The molecule has 0 aromatic carbocycles. The van der Waals surface area contributed by atoms with Crippen molar-refractivity contribution in [1.29, 1.82) is 0 Å². The van der Waals surface area contributed by atoms with Crippen LogP contribution in [0, 0.1) is 5.21 Å². The first kappa shape index (κ1) is 9.36. The van der Waals surface area contributed by atoms with Gasteiger partial charge in [0.15, 0.2) is 0 Å². The Kier molecular flexibility index (Phi) is 2.08. The highest BCUT2D eigenvalue weighted by molar-refractivity contribution is 4.92. The Bertz CT molecular complexity index is 212. The van der Waals surface area contributed by atoms with Crippen molar-refractivity contribution in [2.75, 3.05) is 13.1 Å². The highest BCUT2D eigenvalue weighted by Crippen LogP contribution is 2.34. The molecule has 2 rings (SSSR count). The van der Waals surface area contributed by atoms with Gasteiger partial charge >= 0.3 is 0 Å². The van der Waals surface area contributed by atoms with E-state index in [-0.39, 0.29) is 6.54 Å². The van der Waals surface area contributed by atoms with Gasteiger partial charge in [-0.25, -0.2) is 0 Å². The summed E-state index contributed by atoms with van der Waals surface area (Å²) in [6, 6.07) is -0.733. The largest absolute Gasteiger partial charge is 0.632 e. The molecule has 3 N–H and O–H groups in total. The number of hydrogen-bond acceptors (Lipinski definition) is 4. The van der Waals surface area contributed by atoms with E-state index in [0.29, 0.717) is 19.4 Å². The minimum absolute atomic E-state index is 0.0168. The van der Waals surface area contributed by atoms with Crippen LogP contribution in [0.5, 0.6) is 0 Å². The molecule has 0 aliphatic carbocycles. The number of nitrogens with zero attached hydrogens (tertiary/aromatic N) is 1. The first-order chi connectivity index (χ1) is 6.04. The molecule has 5 atom stereocenters. The third-order valence-corrected chi connectivity index (χ3v) is 3.21. The molecule has 5 heteroatoms. The molecule has 5 nitrogen and oxygen atoms in total. The van der Waals surface area contributed by atoms with Crippen molar-refractivity contribution in [3.63, 3.8) is 0 Å². The molecule has 0 spiro atoms. The van der Waals surface area contributed by atoms with E-state index >= 15 is 0 Å². The lowest BCUT2D eigenvalue weighted by Crippen LogP contribution is -2.58. The Labute approximate surface area is 76.4 Å². The zero-order valence-corrected chi connectivity index (χ0v) is 7.33. The van der Waals surface area contributed by atoms with Crippen LogP contribution >= 0.6 is 0 Å². The summed E-state index contributed by atoms with van der Waals surface area (Å²) in [5.74, 6) is 0. The molecular formula is C8H15NO4. The van der Waals surface area contributed by atoms with Crippen molar-refractivity contribution < 1.29 is 20.0 Å². The second-order valence-corrected chi connectivity index (χ2v) is 4.12. The molecule has 0 bridgehead atoms. The number of fused-ring (bicyclic) bond motifs is 1. The van der Waals surface area contributed by atoms with Crippen LogP contribution in [0.2, 0.25) is 0 Å². The highest BCUT2D eigenvalue weighted by atomic mass is 16.6. The maximum absolute atomic E-state index is 12.0. The zero-order valence-electron chi connectivity index (χ0n) is 7.33. The van der Waals surface area contributed by atoms with Gasteiger partial charge in [-0.05, 0) is 12.8 Å². The molecule has 13 heavy (non-hydrogen) atoms. The number of piperidine rings is 1. The van der Waals surface area contributed by atoms with Crippen LogP contribution in [0.1, 0.15) is 12.8 Å². The molecule has 2 heterocycles. The number of aliphatic hydroxyl groups excluding tert-OH is 3. The third-order valence-electron chi connectivity index (χ3n) is 3.21. The molecule has 1 unspecified atom stereocenters. The summed E-state index contributed by atoms with van der Waals surface area (Å²) in [6.45, 7) is 0.415. The summed E-state index contributed by atoms with van der Waals surface area (Å²) in [5.41, 5.74) is 0. The number of aliphatic hydroxyl groups is 3. The summed E-state index contributed by atoms with van der Waals surface area (Å²) in [4.78, 5) is 0. The summed E-state index contributed by atoms with van der Waals surface area (Å²) in [6.07, 6.45) is -1.58. The standard InChI is InChI=1S/C8H15NO4/c10-5-2-1-3-9(13)4-6(11)8(12)7(5)9/h5-8,10-12H,1-4H2/t5-,6-,7-,8-,9?/m0/s1. The van der Waals surface area contributed by atoms with Crippen LogP contribution in [0.4, 0.5) is 0 Å². The van der Waals surface area contributed by atoms with Crippen LogP contribution in [0.3, 0.4) is 0 Å². The fraction of sp³-hybridized carbons (Fsp3) is 1.00. The fourth-order valence-corrected chi connectivity index (χ4v) is 2.57. The molecule has 0 aromatic rings. The van der Waals surface area contributed by atoms with E-state index < -0.39 is 29.0 Å². The van der Waals surface area contributed by atoms with E-state index in [1.807, 2.05) is 0 Å². The van der Waals surface area contributed by atoms with Gasteiger partial charge in [0.1, 0.15) is 30.9 Å². The SMILES string of the molecule is [O-][N+]12CCC[C@H](O)[C@H]1[C@@H](O)[C@@H](O)C2. The molecule has 76 valence electrons. The molecule has 2 fully saturated rings. The monoisotopic (exact) mass is 189 g/mol. The summed E-state index contributed by atoms with van der Waals surface area (Å²) >= 11 is 0.